The van der Waals surface area contributed by atoms with E-state index in [0.717, 1.165) is 12.1 Å². The minimum atomic E-state index is -4.42. The molecule has 0 aliphatic carbocycles. The van der Waals surface area contributed by atoms with E-state index < -0.39 is 29.6 Å². The van der Waals surface area contributed by atoms with Crippen LogP contribution in [0.3, 0.4) is 0 Å². The molecule has 6 nitrogen and oxygen atoms in total. The molecule has 2 aromatic rings. The van der Waals surface area contributed by atoms with Gasteiger partial charge in [0.1, 0.15) is 0 Å². The Hall–Kier alpha value is -2.91. The number of halogens is 3. The zero-order valence-electron chi connectivity index (χ0n) is 13.4. The fraction of sp³-hybridized carbons (Fsp3) is 0.176. The monoisotopic (exact) mass is 367 g/mol. The quantitative estimate of drug-likeness (QED) is 0.481. The molecule has 26 heavy (non-hydrogen) atoms. The van der Waals surface area contributed by atoms with E-state index in [9.17, 15) is 22.8 Å². The van der Waals surface area contributed by atoms with Crippen molar-refractivity contribution < 1.29 is 28.0 Å². The standard InChI is InChI=1S/C17H16F3N3O3/c18-17(19,20)12-5-1-10(2-6-12)9-14(21)16(25)22-13-7-3-11(4-8-13)15(24)23-26/h1-8,14,26H,9,21H2,(H,22,25)(H,23,24)/t14-/m0/s1. The van der Waals surface area contributed by atoms with Gasteiger partial charge in [0, 0.05) is 11.3 Å². The van der Waals surface area contributed by atoms with E-state index in [2.05, 4.69) is 5.32 Å². The first-order valence-electron chi connectivity index (χ1n) is 7.48. The van der Waals surface area contributed by atoms with E-state index in [0.29, 0.717) is 11.3 Å². The molecule has 2 rings (SSSR count). The second-order valence-corrected chi connectivity index (χ2v) is 5.51. The van der Waals surface area contributed by atoms with Crippen LogP contribution in [0.5, 0.6) is 0 Å². The van der Waals surface area contributed by atoms with Crippen LogP contribution in [0.1, 0.15) is 21.5 Å². The van der Waals surface area contributed by atoms with Crippen molar-refractivity contribution in [2.24, 2.45) is 5.73 Å². The van der Waals surface area contributed by atoms with E-state index in [1.165, 1.54) is 41.9 Å². The number of alkyl halides is 3. The van der Waals surface area contributed by atoms with Gasteiger partial charge in [-0.3, -0.25) is 14.8 Å². The fourth-order valence-electron chi connectivity index (χ4n) is 2.18. The Kier molecular flexibility index (Phi) is 5.96. The molecule has 0 heterocycles. The smallest absolute Gasteiger partial charge is 0.325 e. The van der Waals surface area contributed by atoms with E-state index in [1.54, 1.807) is 0 Å². The predicted molar refractivity (Wildman–Crippen MR) is 87.4 cm³/mol. The van der Waals surface area contributed by atoms with Crippen LogP contribution in [-0.4, -0.2) is 23.1 Å². The number of benzene rings is 2. The molecule has 0 aliphatic heterocycles. The van der Waals surface area contributed by atoms with Gasteiger partial charge in [0.2, 0.25) is 5.91 Å². The minimum Gasteiger partial charge on any atom is -0.325 e. The molecule has 0 saturated heterocycles. The number of hydroxylamine groups is 1. The first-order valence-corrected chi connectivity index (χ1v) is 7.48. The van der Waals surface area contributed by atoms with E-state index in [1.807, 2.05) is 0 Å². The highest BCUT2D eigenvalue weighted by atomic mass is 19.4. The van der Waals surface area contributed by atoms with Gasteiger partial charge in [-0.05, 0) is 48.4 Å². The Labute approximate surface area is 146 Å². The van der Waals surface area contributed by atoms with Crippen LogP contribution in [0.2, 0.25) is 0 Å². The maximum Gasteiger partial charge on any atom is 0.416 e. The van der Waals surface area contributed by atoms with Crippen molar-refractivity contribution >= 4 is 17.5 Å². The SMILES string of the molecule is N[C@@H](Cc1ccc(C(F)(F)F)cc1)C(=O)Nc1ccc(C(=O)NO)cc1. The van der Waals surface area contributed by atoms with Gasteiger partial charge in [0.15, 0.2) is 0 Å². The Morgan fingerprint density at radius 1 is 1.04 bits per heavy atom. The summed E-state index contributed by atoms with van der Waals surface area (Å²) in [5, 5.41) is 11.1. The van der Waals surface area contributed by atoms with Gasteiger partial charge >= 0.3 is 6.18 Å². The molecule has 0 fully saturated rings. The van der Waals surface area contributed by atoms with Crippen molar-refractivity contribution in [2.75, 3.05) is 5.32 Å². The molecule has 2 amide bonds. The molecule has 2 aromatic carbocycles. The van der Waals surface area contributed by atoms with Crippen molar-refractivity contribution in [1.29, 1.82) is 0 Å². The van der Waals surface area contributed by atoms with Gasteiger partial charge in [-0.2, -0.15) is 13.2 Å². The van der Waals surface area contributed by atoms with Crippen LogP contribution >= 0.6 is 0 Å². The Bertz CT molecular complexity index is 775. The number of hydrogen-bond acceptors (Lipinski definition) is 4. The largest absolute Gasteiger partial charge is 0.416 e. The van der Waals surface area contributed by atoms with Crippen molar-refractivity contribution in [3.63, 3.8) is 0 Å². The van der Waals surface area contributed by atoms with Gasteiger partial charge in [0.25, 0.3) is 5.91 Å². The summed E-state index contributed by atoms with van der Waals surface area (Å²) < 4.78 is 37.6. The number of rotatable bonds is 5. The zero-order chi connectivity index (χ0) is 19.3. The second kappa shape index (κ2) is 7.98. The van der Waals surface area contributed by atoms with E-state index in [-0.39, 0.29) is 12.0 Å². The van der Waals surface area contributed by atoms with Crippen molar-refractivity contribution in [3.05, 3.63) is 65.2 Å². The molecule has 0 aliphatic rings. The third kappa shape index (κ3) is 5.04. The number of carbonyl (C=O) groups excluding carboxylic acids is 2. The molecule has 9 heteroatoms. The Balaban J connectivity index is 1.96. The van der Waals surface area contributed by atoms with Crippen molar-refractivity contribution in [2.45, 2.75) is 18.6 Å². The second-order valence-electron chi connectivity index (χ2n) is 5.51. The van der Waals surface area contributed by atoms with E-state index >= 15 is 0 Å². The summed E-state index contributed by atoms with van der Waals surface area (Å²) in [4.78, 5) is 23.3. The molecule has 0 saturated carbocycles. The average molecular weight is 367 g/mol. The van der Waals surface area contributed by atoms with Gasteiger partial charge in [-0.1, -0.05) is 12.1 Å². The summed E-state index contributed by atoms with van der Waals surface area (Å²) in [5.74, 6) is -1.22. The van der Waals surface area contributed by atoms with Gasteiger partial charge in [-0.15, -0.1) is 0 Å². The van der Waals surface area contributed by atoms with Crippen molar-refractivity contribution in [3.8, 4) is 0 Å². The summed E-state index contributed by atoms with van der Waals surface area (Å²) in [7, 11) is 0. The summed E-state index contributed by atoms with van der Waals surface area (Å²) in [6, 6.07) is 9.14. The van der Waals surface area contributed by atoms with Crippen LogP contribution in [0, 0.1) is 0 Å². The number of anilines is 1. The number of nitrogens with one attached hydrogen (secondary N) is 2. The highest BCUT2D eigenvalue weighted by Gasteiger charge is 2.30. The Morgan fingerprint density at radius 3 is 2.12 bits per heavy atom. The summed E-state index contributed by atoms with van der Waals surface area (Å²) >= 11 is 0. The number of amides is 2. The highest BCUT2D eigenvalue weighted by Crippen LogP contribution is 2.29. The lowest BCUT2D eigenvalue weighted by atomic mass is 10.0. The molecular weight excluding hydrogens is 351 g/mol. The molecule has 138 valence electrons. The summed E-state index contributed by atoms with van der Waals surface area (Å²) in [6.07, 6.45) is -4.36. The number of nitrogens with two attached hydrogens (primary N) is 1. The molecule has 1 atom stereocenters. The number of carbonyl (C=O) groups is 2. The zero-order valence-corrected chi connectivity index (χ0v) is 13.4. The Morgan fingerprint density at radius 2 is 1.62 bits per heavy atom. The third-order valence-electron chi connectivity index (χ3n) is 3.59. The normalized spacial score (nSPS) is 12.3. The molecule has 0 spiro atoms. The van der Waals surface area contributed by atoms with Crippen LogP contribution in [0.15, 0.2) is 48.5 Å². The maximum absolute atomic E-state index is 12.5. The highest BCUT2D eigenvalue weighted by molar-refractivity contribution is 5.96. The number of hydrogen-bond donors (Lipinski definition) is 4. The van der Waals surface area contributed by atoms with Crippen LogP contribution < -0.4 is 16.5 Å². The molecular formula is C17H16F3N3O3. The van der Waals surface area contributed by atoms with Crippen molar-refractivity contribution in [1.82, 2.24) is 5.48 Å². The first-order chi connectivity index (χ1) is 12.2. The van der Waals surface area contributed by atoms with Gasteiger partial charge < -0.3 is 11.1 Å². The predicted octanol–water partition coefficient (Wildman–Crippen LogP) is 2.33. The fourth-order valence-corrected chi connectivity index (χ4v) is 2.18. The summed E-state index contributed by atoms with van der Waals surface area (Å²) in [6.45, 7) is 0. The van der Waals surface area contributed by atoms with Gasteiger partial charge in [0.05, 0.1) is 11.6 Å². The summed E-state index contributed by atoms with van der Waals surface area (Å²) in [5.41, 5.74) is 7.57. The molecule has 0 bridgehead atoms. The lowest BCUT2D eigenvalue weighted by molar-refractivity contribution is -0.137. The van der Waals surface area contributed by atoms with Crippen LogP contribution in [-0.2, 0) is 17.4 Å². The topological polar surface area (TPSA) is 104 Å². The maximum atomic E-state index is 12.5. The van der Waals surface area contributed by atoms with E-state index in [4.69, 9.17) is 10.9 Å². The minimum absolute atomic E-state index is 0.0645. The first kappa shape index (κ1) is 19.4. The average Bonchev–Trinajstić information content (AvgIpc) is 2.61. The lowest BCUT2D eigenvalue weighted by Crippen LogP contribution is -2.37. The molecule has 0 radical (unpaired) electrons. The third-order valence-corrected chi connectivity index (χ3v) is 3.59. The van der Waals surface area contributed by atoms with Gasteiger partial charge in [-0.25, -0.2) is 5.48 Å². The van der Waals surface area contributed by atoms with Crippen LogP contribution in [0.4, 0.5) is 18.9 Å². The lowest BCUT2D eigenvalue weighted by Gasteiger charge is -2.13. The molecule has 0 aromatic heterocycles. The van der Waals surface area contributed by atoms with Crippen LogP contribution in [0.25, 0.3) is 0 Å². The molecule has 5 N–H and O–H groups in total. The molecule has 0 unspecified atom stereocenters.